The topological polar surface area (TPSA) is 83.6 Å². The first-order chi connectivity index (χ1) is 11.2. The lowest BCUT2D eigenvalue weighted by molar-refractivity contribution is -0.121. The van der Waals surface area contributed by atoms with Gasteiger partial charge < -0.3 is 5.32 Å². The van der Waals surface area contributed by atoms with Crippen LogP contribution in [0.25, 0.3) is 0 Å². The van der Waals surface area contributed by atoms with Gasteiger partial charge in [-0.05, 0) is 13.3 Å². The molecule has 1 aromatic rings. The van der Waals surface area contributed by atoms with E-state index in [0.29, 0.717) is 31.6 Å². The van der Waals surface area contributed by atoms with E-state index in [1.165, 1.54) is 10.6 Å². The van der Waals surface area contributed by atoms with Crippen LogP contribution in [0.1, 0.15) is 42.1 Å². The predicted molar refractivity (Wildman–Crippen MR) is 94.5 cm³/mol. The molecule has 0 heterocycles. The van der Waals surface area contributed by atoms with E-state index in [1.807, 2.05) is 19.1 Å². The van der Waals surface area contributed by atoms with Gasteiger partial charge in [0.2, 0.25) is 15.9 Å². The summed E-state index contributed by atoms with van der Waals surface area (Å²) in [5, 5.41) is 2.72. The standard InChI is InChI=1S/C17H26N2O4S/c1-4-19(24(3,22)23)13-5-12-18-17(21)11-10-16(20)15-8-6-14(2)7-9-15/h6-9H,4-5,10-13H2,1-3H3,(H,18,21). The Morgan fingerprint density at radius 3 is 2.29 bits per heavy atom. The maximum atomic E-state index is 12.0. The number of carbonyl (C=O) groups excluding carboxylic acids is 2. The molecule has 0 saturated carbocycles. The van der Waals surface area contributed by atoms with Gasteiger partial charge in [0.15, 0.2) is 5.78 Å². The fraction of sp³-hybridized carbons (Fsp3) is 0.529. The minimum atomic E-state index is -3.19. The SMILES string of the molecule is CCN(CCCNC(=O)CCC(=O)c1ccc(C)cc1)S(C)(=O)=O. The second-order valence-electron chi connectivity index (χ2n) is 5.75. The second-order valence-corrected chi connectivity index (χ2v) is 7.73. The molecule has 0 bridgehead atoms. The van der Waals surface area contributed by atoms with Crippen molar-refractivity contribution in [1.82, 2.24) is 9.62 Å². The molecular formula is C17H26N2O4S. The van der Waals surface area contributed by atoms with Crippen molar-refractivity contribution in [2.24, 2.45) is 0 Å². The van der Waals surface area contributed by atoms with Gasteiger partial charge in [-0.2, -0.15) is 0 Å². The largest absolute Gasteiger partial charge is 0.356 e. The zero-order chi connectivity index (χ0) is 18.2. The summed E-state index contributed by atoms with van der Waals surface area (Å²) in [5.74, 6) is -0.253. The van der Waals surface area contributed by atoms with Crippen LogP contribution < -0.4 is 5.32 Å². The number of ketones is 1. The Morgan fingerprint density at radius 2 is 1.75 bits per heavy atom. The van der Waals surface area contributed by atoms with Crippen LogP contribution in [0.2, 0.25) is 0 Å². The van der Waals surface area contributed by atoms with Crippen LogP contribution in [-0.4, -0.2) is 50.3 Å². The smallest absolute Gasteiger partial charge is 0.220 e. The highest BCUT2D eigenvalue weighted by atomic mass is 32.2. The highest BCUT2D eigenvalue weighted by Crippen LogP contribution is 2.07. The average molecular weight is 354 g/mol. The molecule has 0 saturated heterocycles. The first-order valence-corrected chi connectivity index (χ1v) is 9.90. The van der Waals surface area contributed by atoms with Gasteiger partial charge in [0.1, 0.15) is 0 Å². The number of amides is 1. The number of nitrogens with one attached hydrogen (secondary N) is 1. The van der Waals surface area contributed by atoms with Crippen molar-refractivity contribution in [3.05, 3.63) is 35.4 Å². The lowest BCUT2D eigenvalue weighted by Crippen LogP contribution is -2.33. The third-order valence-electron chi connectivity index (χ3n) is 3.68. The van der Waals surface area contributed by atoms with Crippen LogP contribution in [0.15, 0.2) is 24.3 Å². The maximum Gasteiger partial charge on any atom is 0.220 e. The van der Waals surface area contributed by atoms with E-state index < -0.39 is 10.0 Å². The third-order valence-corrected chi connectivity index (χ3v) is 5.06. The first kappa shape index (κ1) is 20.3. The molecule has 0 radical (unpaired) electrons. The Balaban J connectivity index is 2.27. The van der Waals surface area contributed by atoms with Gasteiger partial charge >= 0.3 is 0 Å². The van der Waals surface area contributed by atoms with E-state index in [0.717, 1.165) is 5.56 Å². The molecule has 0 fully saturated rings. The van der Waals surface area contributed by atoms with Crippen molar-refractivity contribution < 1.29 is 18.0 Å². The fourth-order valence-electron chi connectivity index (χ4n) is 2.24. The Hall–Kier alpha value is -1.73. The van der Waals surface area contributed by atoms with Crippen molar-refractivity contribution in [3.63, 3.8) is 0 Å². The van der Waals surface area contributed by atoms with Crippen LogP contribution >= 0.6 is 0 Å². The van der Waals surface area contributed by atoms with E-state index in [4.69, 9.17) is 0 Å². The number of benzene rings is 1. The van der Waals surface area contributed by atoms with Crippen LogP contribution in [0.3, 0.4) is 0 Å². The van der Waals surface area contributed by atoms with Gasteiger partial charge in [-0.1, -0.05) is 36.8 Å². The van der Waals surface area contributed by atoms with Crippen LogP contribution in [-0.2, 0) is 14.8 Å². The van der Waals surface area contributed by atoms with Crippen molar-refractivity contribution in [1.29, 1.82) is 0 Å². The number of carbonyl (C=O) groups is 2. The van der Waals surface area contributed by atoms with E-state index in [1.54, 1.807) is 19.1 Å². The number of nitrogens with zero attached hydrogens (tertiary/aromatic N) is 1. The lowest BCUT2D eigenvalue weighted by atomic mass is 10.1. The molecule has 1 amide bonds. The van der Waals surface area contributed by atoms with Gasteiger partial charge in [-0.25, -0.2) is 12.7 Å². The highest BCUT2D eigenvalue weighted by Gasteiger charge is 2.13. The normalized spacial score (nSPS) is 11.5. The van der Waals surface area contributed by atoms with Gasteiger partial charge in [-0.3, -0.25) is 9.59 Å². The van der Waals surface area contributed by atoms with Crippen LogP contribution in [0.4, 0.5) is 0 Å². The summed E-state index contributed by atoms with van der Waals surface area (Å²) in [4.78, 5) is 23.7. The molecule has 1 N–H and O–H groups in total. The highest BCUT2D eigenvalue weighted by molar-refractivity contribution is 7.88. The molecule has 6 nitrogen and oxygen atoms in total. The summed E-state index contributed by atoms with van der Waals surface area (Å²) in [5.41, 5.74) is 1.69. The zero-order valence-corrected chi connectivity index (χ0v) is 15.4. The minimum absolute atomic E-state index is 0.0561. The molecule has 0 aliphatic carbocycles. The first-order valence-electron chi connectivity index (χ1n) is 8.05. The van der Waals surface area contributed by atoms with Crippen LogP contribution in [0.5, 0.6) is 0 Å². The molecule has 7 heteroatoms. The molecule has 0 aliphatic heterocycles. The van der Waals surface area contributed by atoms with Crippen molar-refractivity contribution >= 4 is 21.7 Å². The number of rotatable bonds is 10. The van der Waals surface area contributed by atoms with Gasteiger partial charge in [0.25, 0.3) is 0 Å². The monoisotopic (exact) mass is 354 g/mol. The lowest BCUT2D eigenvalue weighted by Gasteiger charge is -2.17. The molecule has 0 spiro atoms. The quantitative estimate of drug-likeness (QED) is 0.512. The summed E-state index contributed by atoms with van der Waals surface area (Å²) in [6, 6.07) is 7.27. The Kier molecular flexibility index (Phi) is 8.07. The van der Waals surface area contributed by atoms with Gasteiger partial charge in [0, 0.05) is 38.0 Å². The van der Waals surface area contributed by atoms with E-state index in [9.17, 15) is 18.0 Å². The molecule has 1 rings (SSSR count). The number of hydrogen-bond acceptors (Lipinski definition) is 4. The molecule has 0 aromatic heterocycles. The van der Waals surface area contributed by atoms with E-state index in [2.05, 4.69) is 5.32 Å². The number of sulfonamides is 1. The second kappa shape index (κ2) is 9.54. The van der Waals surface area contributed by atoms with E-state index >= 15 is 0 Å². The Labute approximate surface area is 144 Å². The summed E-state index contributed by atoms with van der Waals surface area (Å²) in [6.07, 6.45) is 2.01. The predicted octanol–water partition coefficient (Wildman–Crippen LogP) is 1.75. The number of hydrogen-bond donors (Lipinski definition) is 1. The van der Waals surface area contributed by atoms with Crippen molar-refractivity contribution in [2.75, 3.05) is 25.9 Å². The number of aryl methyl sites for hydroxylation is 1. The summed E-state index contributed by atoms with van der Waals surface area (Å²) in [7, 11) is -3.19. The molecule has 1 aromatic carbocycles. The summed E-state index contributed by atoms with van der Waals surface area (Å²) < 4.78 is 24.2. The Morgan fingerprint density at radius 1 is 1.12 bits per heavy atom. The molecule has 24 heavy (non-hydrogen) atoms. The minimum Gasteiger partial charge on any atom is -0.356 e. The van der Waals surface area contributed by atoms with Crippen molar-refractivity contribution in [2.45, 2.75) is 33.1 Å². The third kappa shape index (κ3) is 7.23. The Bertz CT molecular complexity index is 654. The molecule has 134 valence electrons. The van der Waals surface area contributed by atoms with Gasteiger partial charge in [0.05, 0.1) is 6.26 Å². The van der Waals surface area contributed by atoms with E-state index in [-0.39, 0.29) is 24.5 Å². The molecular weight excluding hydrogens is 328 g/mol. The molecule has 0 atom stereocenters. The molecule has 0 unspecified atom stereocenters. The van der Waals surface area contributed by atoms with Crippen molar-refractivity contribution in [3.8, 4) is 0 Å². The fourth-order valence-corrected chi connectivity index (χ4v) is 3.17. The average Bonchev–Trinajstić information content (AvgIpc) is 2.52. The zero-order valence-electron chi connectivity index (χ0n) is 14.5. The van der Waals surface area contributed by atoms with Gasteiger partial charge in [-0.15, -0.1) is 0 Å². The summed E-state index contributed by atoms with van der Waals surface area (Å²) in [6.45, 7) is 4.90. The maximum absolute atomic E-state index is 12.0. The number of Topliss-reactive ketones (excluding diaryl/α,β-unsaturated/α-hetero) is 1. The van der Waals surface area contributed by atoms with Crippen LogP contribution in [0, 0.1) is 6.92 Å². The molecule has 0 aliphatic rings. The summed E-state index contributed by atoms with van der Waals surface area (Å²) >= 11 is 0.